The Morgan fingerprint density at radius 2 is 1.75 bits per heavy atom. The summed E-state index contributed by atoms with van der Waals surface area (Å²) in [5.41, 5.74) is 1.25. The molecule has 0 aliphatic carbocycles. The van der Waals surface area contributed by atoms with Gasteiger partial charge in [-0.15, -0.1) is 0 Å². The highest BCUT2D eigenvalue weighted by Crippen LogP contribution is 2.25. The molecule has 2 aliphatic rings. The normalized spacial score (nSPS) is 22.7. The maximum atomic E-state index is 12.9. The van der Waals surface area contributed by atoms with Gasteiger partial charge in [0.15, 0.2) is 0 Å². The molecule has 24 heavy (non-hydrogen) atoms. The van der Waals surface area contributed by atoms with Gasteiger partial charge in [-0.05, 0) is 43.7 Å². The summed E-state index contributed by atoms with van der Waals surface area (Å²) in [6.45, 7) is 3.20. The second-order valence-electron chi connectivity index (χ2n) is 6.98. The van der Waals surface area contributed by atoms with E-state index in [0.717, 1.165) is 38.8 Å². The molecule has 3 rings (SSSR count). The number of benzene rings is 1. The first-order valence-corrected chi connectivity index (χ1v) is 8.92. The van der Waals surface area contributed by atoms with Crippen molar-refractivity contribution in [3.8, 4) is 0 Å². The van der Waals surface area contributed by atoms with Gasteiger partial charge in [-0.2, -0.15) is 0 Å². The lowest BCUT2D eigenvalue weighted by Gasteiger charge is -2.35. The van der Waals surface area contributed by atoms with Crippen molar-refractivity contribution in [2.75, 3.05) is 19.6 Å². The zero-order chi connectivity index (χ0) is 16.9. The molecule has 1 atom stereocenters. The zero-order valence-corrected chi connectivity index (χ0v) is 14.1. The van der Waals surface area contributed by atoms with Crippen LogP contribution in [-0.2, 0) is 16.1 Å². The molecule has 2 saturated heterocycles. The lowest BCUT2D eigenvalue weighted by atomic mass is 9.93. The van der Waals surface area contributed by atoms with E-state index in [0.29, 0.717) is 13.1 Å². The predicted molar refractivity (Wildman–Crippen MR) is 91.4 cm³/mol. The van der Waals surface area contributed by atoms with E-state index in [-0.39, 0.29) is 24.3 Å². The van der Waals surface area contributed by atoms with Crippen LogP contribution in [0.1, 0.15) is 37.7 Å². The summed E-state index contributed by atoms with van der Waals surface area (Å²) in [4.78, 5) is 28.0. The van der Waals surface area contributed by atoms with Gasteiger partial charge >= 0.3 is 5.97 Å². The maximum Gasteiger partial charge on any atom is 0.303 e. The van der Waals surface area contributed by atoms with Crippen molar-refractivity contribution < 1.29 is 14.7 Å². The molecule has 5 nitrogen and oxygen atoms in total. The molecule has 130 valence electrons. The van der Waals surface area contributed by atoms with E-state index < -0.39 is 5.97 Å². The van der Waals surface area contributed by atoms with Gasteiger partial charge in [0.05, 0.1) is 6.04 Å². The molecular weight excluding hydrogens is 304 g/mol. The highest BCUT2D eigenvalue weighted by Gasteiger charge is 2.35. The quantitative estimate of drug-likeness (QED) is 0.900. The van der Waals surface area contributed by atoms with Crippen LogP contribution in [0, 0.1) is 5.92 Å². The van der Waals surface area contributed by atoms with Crippen LogP contribution in [0.15, 0.2) is 30.3 Å². The molecule has 0 aromatic heterocycles. The predicted octanol–water partition coefficient (Wildman–Crippen LogP) is 2.36. The molecule has 0 radical (unpaired) electrons. The average molecular weight is 330 g/mol. The van der Waals surface area contributed by atoms with Crippen molar-refractivity contribution >= 4 is 11.9 Å². The van der Waals surface area contributed by atoms with Crippen LogP contribution < -0.4 is 0 Å². The molecule has 2 aliphatic heterocycles. The molecule has 5 heteroatoms. The zero-order valence-electron chi connectivity index (χ0n) is 14.1. The topological polar surface area (TPSA) is 60.9 Å². The summed E-state index contributed by atoms with van der Waals surface area (Å²) in [5.74, 6) is -0.280. The van der Waals surface area contributed by atoms with Gasteiger partial charge in [-0.25, -0.2) is 0 Å². The third-order valence-corrected chi connectivity index (χ3v) is 5.27. The van der Waals surface area contributed by atoms with Crippen LogP contribution >= 0.6 is 0 Å². The Morgan fingerprint density at radius 1 is 1.04 bits per heavy atom. The summed E-state index contributed by atoms with van der Waals surface area (Å²) < 4.78 is 0. The fourth-order valence-electron chi connectivity index (χ4n) is 3.93. The first-order chi connectivity index (χ1) is 11.6. The molecule has 2 heterocycles. The monoisotopic (exact) mass is 330 g/mol. The van der Waals surface area contributed by atoms with Crippen LogP contribution in [0.5, 0.6) is 0 Å². The fraction of sp³-hybridized carbons (Fsp3) is 0.579. The Balaban J connectivity index is 1.55. The van der Waals surface area contributed by atoms with Crippen LogP contribution in [0.2, 0.25) is 0 Å². The third-order valence-electron chi connectivity index (χ3n) is 5.27. The summed E-state index contributed by atoms with van der Waals surface area (Å²) >= 11 is 0. The number of likely N-dealkylation sites (tertiary alicyclic amines) is 2. The van der Waals surface area contributed by atoms with Crippen molar-refractivity contribution in [2.24, 2.45) is 5.92 Å². The molecule has 0 spiro atoms. The smallest absolute Gasteiger partial charge is 0.303 e. The summed E-state index contributed by atoms with van der Waals surface area (Å²) in [7, 11) is 0. The molecular formula is C19H26N2O3. The van der Waals surface area contributed by atoms with Crippen molar-refractivity contribution in [1.29, 1.82) is 0 Å². The van der Waals surface area contributed by atoms with Gasteiger partial charge in [-0.1, -0.05) is 30.3 Å². The maximum absolute atomic E-state index is 12.9. The number of piperidine rings is 1. The number of carboxylic acid groups (broad SMARTS) is 1. The number of amides is 1. The highest BCUT2D eigenvalue weighted by atomic mass is 16.4. The highest BCUT2D eigenvalue weighted by molar-refractivity contribution is 5.82. The average Bonchev–Trinajstić information content (AvgIpc) is 3.03. The van der Waals surface area contributed by atoms with E-state index in [2.05, 4.69) is 17.0 Å². The third kappa shape index (κ3) is 4.15. The minimum absolute atomic E-state index is 0.0128. The van der Waals surface area contributed by atoms with Crippen LogP contribution in [0.3, 0.4) is 0 Å². The van der Waals surface area contributed by atoms with E-state index in [1.54, 1.807) is 0 Å². The van der Waals surface area contributed by atoms with Crippen LogP contribution in [-0.4, -0.2) is 52.5 Å². The minimum Gasteiger partial charge on any atom is -0.481 e. The van der Waals surface area contributed by atoms with Gasteiger partial charge in [-0.3, -0.25) is 14.5 Å². The number of aliphatic carboxylic acids is 1. The number of carboxylic acids is 1. The number of hydrogen-bond acceptors (Lipinski definition) is 3. The van der Waals surface area contributed by atoms with E-state index >= 15 is 0 Å². The van der Waals surface area contributed by atoms with E-state index in [1.807, 2.05) is 23.1 Å². The lowest BCUT2D eigenvalue weighted by molar-refractivity contribution is -0.139. The van der Waals surface area contributed by atoms with Crippen LogP contribution in [0.25, 0.3) is 0 Å². The molecule has 1 amide bonds. The van der Waals surface area contributed by atoms with Gasteiger partial charge in [0, 0.05) is 26.1 Å². The van der Waals surface area contributed by atoms with E-state index in [1.165, 1.54) is 5.56 Å². The second-order valence-corrected chi connectivity index (χ2v) is 6.98. The Bertz CT molecular complexity index is 567. The standard InChI is InChI=1S/C19H26N2O3/c22-18(23)13-15-8-11-20(12-9-15)19(24)17-7-4-10-21(17)14-16-5-2-1-3-6-16/h1-3,5-6,15,17H,4,7-14H2,(H,22,23). The van der Waals surface area contributed by atoms with Crippen molar-refractivity contribution in [3.63, 3.8) is 0 Å². The van der Waals surface area contributed by atoms with Crippen molar-refractivity contribution in [2.45, 2.75) is 44.7 Å². The molecule has 0 saturated carbocycles. The summed E-state index contributed by atoms with van der Waals surface area (Å²) in [6.07, 6.45) is 3.85. The van der Waals surface area contributed by atoms with Crippen molar-refractivity contribution in [3.05, 3.63) is 35.9 Å². The lowest BCUT2D eigenvalue weighted by Crippen LogP contribution is -2.48. The number of carbonyl (C=O) groups is 2. The molecule has 1 N–H and O–H groups in total. The second kappa shape index (κ2) is 7.79. The van der Waals surface area contributed by atoms with E-state index in [4.69, 9.17) is 5.11 Å². The van der Waals surface area contributed by atoms with Gasteiger partial charge in [0.25, 0.3) is 0 Å². The molecule has 2 fully saturated rings. The minimum atomic E-state index is -0.732. The number of hydrogen-bond donors (Lipinski definition) is 1. The molecule has 1 unspecified atom stereocenters. The Kier molecular flexibility index (Phi) is 5.51. The van der Waals surface area contributed by atoms with E-state index in [9.17, 15) is 9.59 Å². The summed E-state index contributed by atoms with van der Waals surface area (Å²) in [5, 5.41) is 8.90. The molecule has 1 aromatic rings. The number of carbonyl (C=O) groups excluding carboxylic acids is 1. The Labute approximate surface area is 143 Å². The fourth-order valence-corrected chi connectivity index (χ4v) is 3.93. The Morgan fingerprint density at radius 3 is 2.42 bits per heavy atom. The van der Waals surface area contributed by atoms with Gasteiger partial charge in [0.1, 0.15) is 0 Å². The summed E-state index contributed by atoms with van der Waals surface area (Å²) in [6, 6.07) is 10.3. The Hall–Kier alpha value is -1.88. The number of nitrogens with zero attached hydrogens (tertiary/aromatic N) is 2. The number of rotatable bonds is 5. The first-order valence-electron chi connectivity index (χ1n) is 8.92. The molecule has 0 bridgehead atoms. The van der Waals surface area contributed by atoms with Gasteiger partial charge in [0.2, 0.25) is 5.91 Å². The molecule has 1 aromatic carbocycles. The first kappa shape index (κ1) is 17.0. The van der Waals surface area contributed by atoms with Crippen LogP contribution in [0.4, 0.5) is 0 Å². The van der Waals surface area contributed by atoms with Crippen molar-refractivity contribution in [1.82, 2.24) is 9.80 Å². The SMILES string of the molecule is O=C(O)CC1CCN(C(=O)C2CCCN2Cc2ccccc2)CC1. The largest absolute Gasteiger partial charge is 0.481 e. The van der Waals surface area contributed by atoms with Gasteiger partial charge < -0.3 is 10.0 Å².